The molecule has 158 valence electrons. The Morgan fingerprint density at radius 3 is 2.17 bits per heavy atom. The predicted molar refractivity (Wildman–Crippen MR) is 112 cm³/mol. The van der Waals surface area contributed by atoms with E-state index in [1.54, 1.807) is 31.4 Å². The number of rotatable bonds is 9. The number of amides is 1. The van der Waals surface area contributed by atoms with Gasteiger partial charge in [-0.15, -0.1) is 0 Å². The second kappa shape index (κ2) is 9.71. The molecule has 29 heavy (non-hydrogen) atoms. The standard InChI is InChI=1S/C19H23ClN2O6S/c1-26-14-7-5-13(6-8-14)11-21-19(23)12-22(29(4,24)25)16-10-17(27-2)15(20)9-18(16)28-3/h5-10H,11-12H2,1-4H3,(H,21,23). The molecule has 0 bridgehead atoms. The Kier molecular flexibility index (Phi) is 7.58. The molecule has 10 heteroatoms. The van der Waals surface area contributed by atoms with Crippen LogP contribution in [0.3, 0.4) is 0 Å². The molecule has 2 rings (SSSR count). The number of anilines is 1. The molecular weight excluding hydrogens is 420 g/mol. The lowest BCUT2D eigenvalue weighted by molar-refractivity contribution is -0.119. The molecule has 0 radical (unpaired) electrons. The van der Waals surface area contributed by atoms with Gasteiger partial charge in [-0.05, 0) is 17.7 Å². The molecule has 0 unspecified atom stereocenters. The van der Waals surface area contributed by atoms with Crippen LogP contribution >= 0.6 is 11.6 Å². The number of nitrogens with one attached hydrogen (secondary N) is 1. The van der Waals surface area contributed by atoms with E-state index in [1.807, 2.05) is 0 Å². The average molecular weight is 443 g/mol. The third-order valence-electron chi connectivity index (χ3n) is 4.06. The molecule has 0 saturated heterocycles. The maximum Gasteiger partial charge on any atom is 0.241 e. The van der Waals surface area contributed by atoms with Crippen molar-refractivity contribution in [3.8, 4) is 17.2 Å². The Hall–Kier alpha value is -2.65. The van der Waals surface area contributed by atoms with E-state index >= 15 is 0 Å². The van der Waals surface area contributed by atoms with Gasteiger partial charge in [0.2, 0.25) is 15.9 Å². The smallest absolute Gasteiger partial charge is 0.241 e. The van der Waals surface area contributed by atoms with Gasteiger partial charge in [0.05, 0.1) is 38.3 Å². The van der Waals surface area contributed by atoms with Crippen molar-refractivity contribution in [1.82, 2.24) is 5.32 Å². The van der Waals surface area contributed by atoms with Crippen LogP contribution in [0, 0.1) is 0 Å². The van der Waals surface area contributed by atoms with Gasteiger partial charge in [0, 0.05) is 18.7 Å². The second-order valence-electron chi connectivity index (χ2n) is 6.05. The minimum Gasteiger partial charge on any atom is -0.497 e. The summed E-state index contributed by atoms with van der Waals surface area (Å²) in [4.78, 5) is 12.5. The minimum atomic E-state index is -3.80. The van der Waals surface area contributed by atoms with Crippen molar-refractivity contribution < 1.29 is 27.4 Å². The van der Waals surface area contributed by atoms with Crippen LogP contribution in [0.25, 0.3) is 0 Å². The summed E-state index contributed by atoms with van der Waals surface area (Å²) < 4.78 is 41.2. The molecule has 2 aromatic rings. The molecule has 0 fully saturated rings. The zero-order valence-electron chi connectivity index (χ0n) is 16.6. The number of halogens is 1. The molecule has 0 aliphatic heterocycles. The number of carbonyl (C=O) groups is 1. The summed E-state index contributed by atoms with van der Waals surface area (Å²) in [6.45, 7) is -0.197. The van der Waals surface area contributed by atoms with Gasteiger partial charge in [-0.1, -0.05) is 23.7 Å². The highest BCUT2D eigenvalue weighted by molar-refractivity contribution is 7.92. The highest BCUT2D eigenvalue weighted by Gasteiger charge is 2.25. The number of ether oxygens (including phenoxy) is 3. The van der Waals surface area contributed by atoms with Gasteiger partial charge < -0.3 is 19.5 Å². The number of carbonyl (C=O) groups excluding carboxylic acids is 1. The van der Waals surface area contributed by atoms with Gasteiger partial charge in [-0.25, -0.2) is 8.42 Å². The molecule has 0 aliphatic carbocycles. The van der Waals surface area contributed by atoms with E-state index in [9.17, 15) is 13.2 Å². The van der Waals surface area contributed by atoms with Crippen LogP contribution in [0.1, 0.15) is 5.56 Å². The fourth-order valence-corrected chi connectivity index (χ4v) is 3.63. The lowest BCUT2D eigenvalue weighted by Gasteiger charge is -2.24. The highest BCUT2D eigenvalue weighted by Crippen LogP contribution is 2.38. The number of hydrogen-bond donors (Lipinski definition) is 1. The van der Waals surface area contributed by atoms with E-state index in [-0.39, 0.29) is 28.8 Å². The lowest BCUT2D eigenvalue weighted by atomic mass is 10.2. The van der Waals surface area contributed by atoms with E-state index in [0.717, 1.165) is 16.1 Å². The zero-order chi connectivity index (χ0) is 21.6. The van der Waals surface area contributed by atoms with Crippen molar-refractivity contribution >= 4 is 33.2 Å². The molecule has 0 aromatic heterocycles. The first-order valence-corrected chi connectivity index (χ1v) is 10.7. The highest BCUT2D eigenvalue weighted by atomic mass is 35.5. The molecule has 1 N–H and O–H groups in total. The number of sulfonamides is 1. The van der Waals surface area contributed by atoms with E-state index in [2.05, 4.69) is 5.32 Å². The predicted octanol–water partition coefficient (Wildman–Crippen LogP) is 2.45. The van der Waals surface area contributed by atoms with Crippen LogP contribution in [0.4, 0.5) is 5.69 Å². The topological polar surface area (TPSA) is 94.2 Å². The van der Waals surface area contributed by atoms with Gasteiger partial charge in [0.1, 0.15) is 23.8 Å². The normalized spacial score (nSPS) is 10.9. The summed E-state index contributed by atoms with van der Waals surface area (Å²) in [7, 11) is 0.555. The summed E-state index contributed by atoms with van der Waals surface area (Å²) in [5.74, 6) is 0.674. The molecule has 2 aromatic carbocycles. The van der Waals surface area contributed by atoms with E-state index in [1.165, 1.54) is 26.4 Å². The van der Waals surface area contributed by atoms with Gasteiger partial charge in [-0.3, -0.25) is 9.10 Å². The van der Waals surface area contributed by atoms with E-state index in [0.29, 0.717) is 5.75 Å². The molecule has 0 spiro atoms. The third-order valence-corrected chi connectivity index (χ3v) is 5.48. The van der Waals surface area contributed by atoms with Gasteiger partial charge in [-0.2, -0.15) is 0 Å². The Balaban J connectivity index is 2.22. The van der Waals surface area contributed by atoms with Crippen LogP contribution in [0.2, 0.25) is 5.02 Å². The molecule has 8 nitrogen and oxygen atoms in total. The monoisotopic (exact) mass is 442 g/mol. The van der Waals surface area contributed by atoms with Crippen LogP contribution in [0.15, 0.2) is 36.4 Å². The van der Waals surface area contributed by atoms with Crippen LogP contribution < -0.4 is 23.8 Å². The van der Waals surface area contributed by atoms with Crippen molar-refractivity contribution in [2.75, 3.05) is 38.4 Å². The van der Waals surface area contributed by atoms with Crippen molar-refractivity contribution in [3.63, 3.8) is 0 Å². The van der Waals surface area contributed by atoms with Crippen molar-refractivity contribution in [1.29, 1.82) is 0 Å². The summed E-state index contributed by atoms with van der Waals surface area (Å²) in [6, 6.07) is 10.0. The van der Waals surface area contributed by atoms with Gasteiger partial charge in [0.15, 0.2) is 0 Å². The maximum atomic E-state index is 12.5. The Bertz CT molecular complexity index is 963. The fourth-order valence-electron chi connectivity index (χ4n) is 2.55. The average Bonchev–Trinajstić information content (AvgIpc) is 2.70. The minimum absolute atomic E-state index is 0.149. The molecular formula is C19H23ClN2O6S. The first kappa shape index (κ1) is 22.6. The largest absolute Gasteiger partial charge is 0.497 e. The molecule has 0 atom stereocenters. The molecule has 1 amide bonds. The Morgan fingerprint density at radius 2 is 1.66 bits per heavy atom. The van der Waals surface area contributed by atoms with Crippen LogP contribution in [-0.4, -0.2) is 48.5 Å². The van der Waals surface area contributed by atoms with Crippen molar-refractivity contribution in [2.45, 2.75) is 6.54 Å². The van der Waals surface area contributed by atoms with Crippen LogP contribution in [-0.2, 0) is 21.4 Å². The number of methoxy groups -OCH3 is 3. The van der Waals surface area contributed by atoms with E-state index in [4.69, 9.17) is 25.8 Å². The number of benzene rings is 2. The summed E-state index contributed by atoms with van der Waals surface area (Å²) >= 11 is 6.08. The number of nitrogens with zero attached hydrogens (tertiary/aromatic N) is 1. The lowest BCUT2D eigenvalue weighted by Crippen LogP contribution is -2.40. The van der Waals surface area contributed by atoms with E-state index < -0.39 is 22.5 Å². The second-order valence-corrected chi connectivity index (χ2v) is 8.37. The van der Waals surface area contributed by atoms with Crippen molar-refractivity contribution in [2.24, 2.45) is 0 Å². The first-order chi connectivity index (χ1) is 13.7. The third kappa shape index (κ3) is 5.91. The Morgan fingerprint density at radius 1 is 1.03 bits per heavy atom. The summed E-state index contributed by atoms with van der Waals surface area (Å²) in [6.07, 6.45) is 1.00. The number of hydrogen-bond acceptors (Lipinski definition) is 6. The quantitative estimate of drug-likeness (QED) is 0.641. The summed E-state index contributed by atoms with van der Waals surface area (Å²) in [5.41, 5.74) is 0.992. The SMILES string of the molecule is COc1ccc(CNC(=O)CN(c2cc(OC)c(Cl)cc2OC)S(C)(=O)=O)cc1. The van der Waals surface area contributed by atoms with Crippen LogP contribution in [0.5, 0.6) is 17.2 Å². The van der Waals surface area contributed by atoms with Gasteiger partial charge in [0.25, 0.3) is 0 Å². The zero-order valence-corrected chi connectivity index (χ0v) is 18.1. The molecule has 0 saturated carbocycles. The molecule has 0 aliphatic rings. The Labute approximate surface area is 175 Å². The first-order valence-electron chi connectivity index (χ1n) is 8.48. The van der Waals surface area contributed by atoms with Gasteiger partial charge >= 0.3 is 0 Å². The molecule has 0 heterocycles. The fraction of sp³-hybridized carbons (Fsp3) is 0.316. The maximum absolute atomic E-state index is 12.5. The van der Waals surface area contributed by atoms with Crippen molar-refractivity contribution in [3.05, 3.63) is 47.0 Å². The summed E-state index contributed by atoms with van der Waals surface area (Å²) in [5, 5.41) is 2.96.